The van der Waals surface area contributed by atoms with Gasteiger partial charge in [-0.25, -0.2) is 4.79 Å². The fraction of sp³-hybridized carbons (Fsp3) is 0.333. The maximum Gasteiger partial charge on any atom is 0.336 e. The van der Waals surface area contributed by atoms with E-state index >= 15 is 0 Å². The summed E-state index contributed by atoms with van der Waals surface area (Å²) in [7, 11) is 0. The third kappa shape index (κ3) is 2.24. The van der Waals surface area contributed by atoms with Crippen molar-refractivity contribution in [2.75, 3.05) is 6.54 Å². The van der Waals surface area contributed by atoms with Crippen molar-refractivity contribution in [2.45, 2.75) is 25.3 Å². The van der Waals surface area contributed by atoms with E-state index in [-0.39, 0.29) is 29.9 Å². The van der Waals surface area contributed by atoms with Gasteiger partial charge in [-0.15, -0.1) is 0 Å². The minimum Gasteiger partial charge on any atom is -0.478 e. The number of rotatable bonds is 2. The van der Waals surface area contributed by atoms with Gasteiger partial charge in [0.2, 0.25) is 11.8 Å². The van der Waals surface area contributed by atoms with Gasteiger partial charge in [0.25, 0.3) is 5.91 Å². The number of benzene rings is 1. The molecule has 1 atom stereocenters. The number of carbonyl (C=O) groups is 4. The van der Waals surface area contributed by atoms with Crippen molar-refractivity contribution < 1.29 is 24.3 Å². The van der Waals surface area contributed by atoms with Crippen LogP contribution in [0.15, 0.2) is 18.2 Å². The molecular formula is C15H14N2O5. The molecule has 1 aromatic rings. The Balaban J connectivity index is 1.96. The van der Waals surface area contributed by atoms with Gasteiger partial charge < -0.3 is 10.0 Å². The van der Waals surface area contributed by atoms with Gasteiger partial charge in [-0.3, -0.25) is 19.7 Å². The fourth-order valence-electron chi connectivity index (χ4n) is 3.00. The molecule has 0 spiro atoms. The van der Waals surface area contributed by atoms with Gasteiger partial charge in [0.1, 0.15) is 6.04 Å². The lowest BCUT2D eigenvalue weighted by Gasteiger charge is -2.36. The molecule has 114 valence electrons. The molecule has 0 aliphatic carbocycles. The minimum atomic E-state index is -1.17. The summed E-state index contributed by atoms with van der Waals surface area (Å²) < 4.78 is 0. The van der Waals surface area contributed by atoms with Crippen LogP contribution in [0.1, 0.15) is 39.1 Å². The van der Waals surface area contributed by atoms with Crippen LogP contribution in [0, 0.1) is 0 Å². The summed E-state index contributed by atoms with van der Waals surface area (Å²) in [5.74, 6) is -2.48. The average molecular weight is 302 g/mol. The number of hydrogen-bond acceptors (Lipinski definition) is 4. The van der Waals surface area contributed by atoms with Crippen LogP contribution in [-0.4, -0.2) is 46.3 Å². The van der Waals surface area contributed by atoms with Gasteiger partial charge in [-0.2, -0.15) is 0 Å². The first kappa shape index (κ1) is 14.2. The first-order chi connectivity index (χ1) is 10.5. The summed E-state index contributed by atoms with van der Waals surface area (Å²) in [5, 5.41) is 11.5. The summed E-state index contributed by atoms with van der Waals surface area (Å²) in [6.45, 7) is 0.335. The first-order valence-electron chi connectivity index (χ1n) is 6.99. The Morgan fingerprint density at radius 2 is 2.00 bits per heavy atom. The largest absolute Gasteiger partial charge is 0.478 e. The monoisotopic (exact) mass is 302 g/mol. The van der Waals surface area contributed by atoms with Crippen LogP contribution < -0.4 is 5.32 Å². The van der Waals surface area contributed by atoms with Crippen LogP contribution in [0.2, 0.25) is 0 Å². The second kappa shape index (κ2) is 5.25. The van der Waals surface area contributed by atoms with Crippen molar-refractivity contribution in [3.8, 4) is 0 Å². The Labute approximate surface area is 125 Å². The van der Waals surface area contributed by atoms with Crippen LogP contribution in [-0.2, 0) is 16.0 Å². The van der Waals surface area contributed by atoms with Crippen molar-refractivity contribution >= 4 is 23.7 Å². The number of nitrogens with zero attached hydrogens (tertiary/aromatic N) is 1. The molecule has 1 saturated heterocycles. The molecule has 1 unspecified atom stereocenters. The molecule has 2 aliphatic heterocycles. The highest BCUT2D eigenvalue weighted by Gasteiger charge is 2.38. The maximum atomic E-state index is 12.7. The summed E-state index contributed by atoms with van der Waals surface area (Å²) in [4.78, 5) is 48.5. The SMILES string of the molecule is O=C1CCC(N2CCc3cccc(C(=O)O)c3C2=O)C(=O)N1. The van der Waals surface area contributed by atoms with Crippen molar-refractivity contribution in [2.24, 2.45) is 0 Å². The lowest BCUT2D eigenvalue weighted by molar-refractivity contribution is -0.136. The fourth-order valence-corrected chi connectivity index (χ4v) is 3.00. The van der Waals surface area contributed by atoms with E-state index in [9.17, 15) is 24.3 Å². The topological polar surface area (TPSA) is 104 Å². The molecule has 1 aromatic carbocycles. The number of carboxylic acids is 1. The lowest BCUT2D eigenvalue weighted by Crippen LogP contribution is -2.56. The van der Waals surface area contributed by atoms with Crippen LogP contribution in [0.3, 0.4) is 0 Å². The second-order valence-electron chi connectivity index (χ2n) is 5.36. The van der Waals surface area contributed by atoms with Crippen molar-refractivity contribution in [1.29, 1.82) is 0 Å². The van der Waals surface area contributed by atoms with E-state index in [1.165, 1.54) is 11.0 Å². The Hall–Kier alpha value is -2.70. The molecular weight excluding hydrogens is 288 g/mol. The summed E-state index contributed by atoms with van der Waals surface area (Å²) >= 11 is 0. The Morgan fingerprint density at radius 3 is 2.68 bits per heavy atom. The number of aromatic carboxylic acids is 1. The van der Waals surface area contributed by atoms with E-state index in [2.05, 4.69) is 5.32 Å². The Morgan fingerprint density at radius 1 is 1.23 bits per heavy atom. The molecule has 0 saturated carbocycles. The van der Waals surface area contributed by atoms with E-state index in [0.717, 1.165) is 0 Å². The smallest absolute Gasteiger partial charge is 0.336 e. The van der Waals surface area contributed by atoms with E-state index in [4.69, 9.17) is 0 Å². The second-order valence-corrected chi connectivity index (χ2v) is 5.36. The highest BCUT2D eigenvalue weighted by Crippen LogP contribution is 2.26. The van der Waals surface area contributed by atoms with E-state index < -0.39 is 23.8 Å². The van der Waals surface area contributed by atoms with Crippen LogP contribution >= 0.6 is 0 Å². The van der Waals surface area contributed by atoms with Crippen molar-refractivity contribution in [3.05, 3.63) is 34.9 Å². The molecule has 0 bridgehead atoms. The minimum absolute atomic E-state index is 0.0560. The number of hydrogen-bond donors (Lipinski definition) is 2. The zero-order valence-corrected chi connectivity index (χ0v) is 11.7. The number of fused-ring (bicyclic) bond motifs is 1. The quantitative estimate of drug-likeness (QED) is 0.759. The van der Waals surface area contributed by atoms with Crippen LogP contribution in [0.5, 0.6) is 0 Å². The average Bonchev–Trinajstić information content (AvgIpc) is 2.48. The van der Waals surface area contributed by atoms with Crippen molar-refractivity contribution in [1.82, 2.24) is 10.2 Å². The summed E-state index contributed by atoms with van der Waals surface area (Å²) in [5.41, 5.74) is 0.763. The standard InChI is InChI=1S/C15H14N2O5/c18-11-5-4-10(13(19)16-11)17-7-6-8-2-1-3-9(15(21)22)12(8)14(17)20/h1-3,10H,4-7H2,(H,21,22)(H,16,18,19). The number of amides is 3. The molecule has 1 fully saturated rings. The van der Waals surface area contributed by atoms with E-state index in [0.29, 0.717) is 18.5 Å². The third-order valence-corrected chi connectivity index (χ3v) is 4.06. The predicted molar refractivity (Wildman–Crippen MR) is 74.3 cm³/mol. The molecule has 2 heterocycles. The van der Waals surface area contributed by atoms with Crippen LogP contribution in [0.4, 0.5) is 0 Å². The number of nitrogens with one attached hydrogen (secondary N) is 1. The van der Waals surface area contributed by atoms with Gasteiger partial charge in [0, 0.05) is 13.0 Å². The van der Waals surface area contributed by atoms with E-state index in [1.807, 2.05) is 0 Å². The van der Waals surface area contributed by atoms with Gasteiger partial charge in [-0.1, -0.05) is 12.1 Å². The maximum absolute atomic E-state index is 12.7. The molecule has 7 heteroatoms. The predicted octanol–water partition coefficient (Wildman–Crippen LogP) is 0.188. The summed E-state index contributed by atoms with van der Waals surface area (Å²) in [6.07, 6.45) is 0.925. The Bertz CT molecular complexity index is 697. The Kier molecular flexibility index (Phi) is 3.40. The lowest BCUT2D eigenvalue weighted by atomic mass is 9.92. The zero-order valence-electron chi connectivity index (χ0n) is 11.7. The third-order valence-electron chi connectivity index (χ3n) is 4.06. The van der Waals surface area contributed by atoms with Gasteiger partial charge in [0.05, 0.1) is 11.1 Å². The first-order valence-corrected chi connectivity index (χ1v) is 6.99. The number of carbonyl (C=O) groups excluding carboxylic acids is 3. The normalized spacial score (nSPS) is 21.4. The molecule has 3 amide bonds. The molecule has 2 aliphatic rings. The van der Waals surface area contributed by atoms with Crippen LogP contribution in [0.25, 0.3) is 0 Å². The highest BCUT2D eigenvalue weighted by molar-refractivity contribution is 6.09. The molecule has 2 N–H and O–H groups in total. The van der Waals surface area contributed by atoms with Gasteiger partial charge in [-0.05, 0) is 24.5 Å². The zero-order chi connectivity index (χ0) is 15.9. The molecule has 0 radical (unpaired) electrons. The number of carboxylic acid groups (broad SMARTS) is 1. The van der Waals surface area contributed by atoms with Gasteiger partial charge in [0.15, 0.2) is 0 Å². The summed E-state index contributed by atoms with van der Waals surface area (Å²) in [6, 6.07) is 3.99. The molecule has 22 heavy (non-hydrogen) atoms. The van der Waals surface area contributed by atoms with E-state index in [1.54, 1.807) is 12.1 Å². The van der Waals surface area contributed by atoms with Crippen molar-refractivity contribution in [3.63, 3.8) is 0 Å². The molecule has 7 nitrogen and oxygen atoms in total. The highest BCUT2D eigenvalue weighted by atomic mass is 16.4. The number of imide groups is 1. The molecule has 0 aromatic heterocycles. The molecule has 3 rings (SSSR count). The van der Waals surface area contributed by atoms with Gasteiger partial charge >= 0.3 is 5.97 Å². The number of piperidine rings is 1.